The molecule has 1 amide bonds. The van der Waals surface area contributed by atoms with Crippen LogP contribution in [0.4, 0.5) is 5.69 Å². The Labute approximate surface area is 144 Å². The fourth-order valence-electron chi connectivity index (χ4n) is 2.82. The van der Waals surface area contributed by atoms with E-state index in [1.54, 1.807) is 12.1 Å². The van der Waals surface area contributed by atoms with Crippen molar-refractivity contribution in [2.24, 2.45) is 0 Å². The van der Waals surface area contributed by atoms with Crippen molar-refractivity contribution in [1.29, 1.82) is 0 Å². The molecule has 1 N–H and O–H groups in total. The highest BCUT2D eigenvalue weighted by molar-refractivity contribution is 6.30. The lowest BCUT2D eigenvalue weighted by molar-refractivity contribution is -0.113. The topological polar surface area (TPSA) is 38.3 Å². The van der Waals surface area contributed by atoms with Crippen molar-refractivity contribution in [3.63, 3.8) is 0 Å². The third kappa shape index (κ3) is 2.74. The number of anilines is 1. The molecule has 118 valence electrons. The quantitative estimate of drug-likeness (QED) is 0.722. The van der Waals surface area contributed by atoms with E-state index < -0.39 is 0 Å². The standard InChI is InChI=1S/C20H14ClNO2/c21-16-8-9-19-14(11-16)10-15(12-24-19)20(23)22-18-7-3-5-13-4-1-2-6-17(13)18/h1-11H,12H2,(H,22,23). The molecule has 24 heavy (non-hydrogen) atoms. The summed E-state index contributed by atoms with van der Waals surface area (Å²) in [4.78, 5) is 12.6. The molecule has 0 aromatic heterocycles. The highest BCUT2D eigenvalue weighted by atomic mass is 35.5. The van der Waals surface area contributed by atoms with Gasteiger partial charge >= 0.3 is 0 Å². The molecular weight excluding hydrogens is 322 g/mol. The summed E-state index contributed by atoms with van der Waals surface area (Å²) in [5.74, 6) is 0.568. The van der Waals surface area contributed by atoms with Crippen molar-refractivity contribution < 1.29 is 9.53 Å². The second-order valence-corrected chi connectivity index (χ2v) is 6.06. The molecule has 0 bridgehead atoms. The minimum absolute atomic E-state index is 0.169. The molecule has 3 aromatic carbocycles. The zero-order valence-corrected chi connectivity index (χ0v) is 13.5. The Bertz CT molecular complexity index is 973. The lowest BCUT2D eigenvalue weighted by atomic mass is 10.1. The van der Waals surface area contributed by atoms with E-state index >= 15 is 0 Å². The Balaban J connectivity index is 1.65. The molecule has 4 rings (SSSR count). The molecule has 3 nitrogen and oxygen atoms in total. The van der Waals surface area contributed by atoms with Gasteiger partial charge in [0, 0.05) is 21.7 Å². The average Bonchev–Trinajstić information content (AvgIpc) is 2.61. The molecule has 0 spiro atoms. The second-order valence-electron chi connectivity index (χ2n) is 5.62. The summed E-state index contributed by atoms with van der Waals surface area (Å²) < 4.78 is 5.65. The summed E-state index contributed by atoms with van der Waals surface area (Å²) in [5, 5.41) is 5.69. The van der Waals surface area contributed by atoms with Gasteiger partial charge in [0.15, 0.2) is 0 Å². The number of carbonyl (C=O) groups excluding carboxylic acids is 1. The lowest BCUT2D eigenvalue weighted by Gasteiger charge is -2.18. The molecule has 0 unspecified atom stereocenters. The van der Waals surface area contributed by atoms with Crippen LogP contribution in [0.15, 0.2) is 66.2 Å². The zero-order chi connectivity index (χ0) is 16.5. The molecule has 1 aliphatic heterocycles. The molecule has 0 saturated carbocycles. The van der Waals surface area contributed by atoms with Crippen LogP contribution in [0, 0.1) is 0 Å². The number of fused-ring (bicyclic) bond motifs is 2. The smallest absolute Gasteiger partial charge is 0.255 e. The van der Waals surface area contributed by atoms with Crippen LogP contribution < -0.4 is 10.1 Å². The summed E-state index contributed by atoms with van der Waals surface area (Å²) in [7, 11) is 0. The fraction of sp³-hybridized carbons (Fsp3) is 0.0500. The molecular formula is C20H14ClNO2. The van der Waals surface area contributed by atoms with E-state index in [2.05, 4.69) is 5.32 Å². The predicted octanol–water partition coefficient (Wildman–Crippen LogP) is 4.91. The van der Waals surface area contributed by atoms with Crippen LogP contribution in [0.25, 0.3) is 16.8 Å². The van der Waals surface area contributed by atoms with Crippen molar-refractivity contribution in [3.05, 3.63) is 76.8 Å². The number of rotatable bonds is 2. The highest BCUT2D eigenvalue weighted by Crippen LogP contribution is 2.30. The molecule has 3 aromatic rings. The van der Waals surface area contributed by atoms with Crippen LogP contribution in [0.2, 0.25) is 5.02 Å². The molecule has 4 heteroatoms. The minimum atomic E-state index is -0.169. The summed E-state index contributed by atoms with van der Waals surface area (Å²) in [6, 6.07) is 19.2. The average molecular weight is 336 g/mol. The highest BCUT2D eigenvalue weighted by Gasteiger charge is 2.18. The molecule has 0 saturated heterocycles. The fourth-order valence-corrected chi connectivity index (χ4v) is 3.00. The first-order chi connectivity index (χ1) is 11.7. The number of nitrogens with one attached hydrogen (secondary N) is 1. The van der Waals surface area contributed by atoms with E-state index in [0.29, 0.717) is 10.6 Å². The summed E-state index contributed by atoms with van der Waals surface area (Å²) in [6.07, 6.45) is 1.82. The maximum Gasteiger partial charge on any atom is 0.255 e. The van der Waals surface area contributed by atoms with E-state index in [9.17, 15) is 4.79 Å². The third-order valence-electron chi connectivity index (χ3n) is 4.01. The van der Waals surface area contributed by atoms with Crippen molar-refractivity contribution >= 4 is 40.0 Å². The van der Waals surface area contributed by atoms with Crippen LogP contribution >= 0.6 is 11.6 Å². The second kappa shape index (κ2) is 6.02. The van der Waals surface area contributed by atoms with Crippen molar-refractivity contribution in [3.8, 4) is 5.75 Å². The lowest BCUT2D eigenvalue weighted by Crippen LogP contribution is -2.21. The van der Waals surface area contributed by atoms with Gasteiger partial charge in [-0.3, -0.25) is 4.79 Å². The number of amides is 1. The summed E-state index contributed by atoms with van der Waals surface area (Å²) >= 11 is 6.01. The van der Waals surface area contributed by atoms with Gasteiger partial charge in [-0.05, 0) is 35.7 Å². The van der Waals surface area contributed by atoms with E-state index in [4.69, 9.17) is 16.3 Å². The number of halogens is 1. The number of ether oxygens (including phenoxy) is 1. The first-order valence-corrected chi connectivity index (χ1v) is 8.00. The Kier molecular flexibility index (Phi) is 3.71. The van der Waals surface area contributed by atoms with E-state index in [0.717, 1.165) is 27.8 Å². The van der Waals surface area contributed by atoms with Crippen LogP contribution in [-0.2, 0) is 4.79 Å². The van der Waals surface area contributed by atoms with Crippen LogP contribution in [0.3, 0.4) is 0 Å². The SMILES string of the molecule is O=C(Nc1cccc2ccccc12)C1=Cc2cc(Cl)ccc2OC1. The van der Waals surface area contributed by atoms with Gasteiger partial charge in [-0.1, -0.05) is 48.0 Å². The van der Waals surface area contributed by atoms with E-state index in [-0.39, 0.29) is 12.5 Å². The first kappa shape index (κ1) is 14.8. The van der Waals surface area contributed by atoms with Gasteiger partial charge in [-0.25, -0.2) is 0 Å². The molecule has 1 heterocycles. The Hall–Kier alpha value is -2.78. The van der Waals surface area contributed by atoms with Gasteiger partial charge in [0.05, 0.1) is 5.57 Å². The number of hydrogen-bond acceptors (Lipinski definition) is 2. The monoisotopic (exact) mass is 335 g/mol. The number of benzene rings is 3. The van der Waals surface area contributed by atoms with Crippen LogP contribution in [0.5, 0.6) is 5.75 Å². The van der Waals surface area contributed by atoms with Gasteiger partial charge in [0.25, 0.3) is 5.91 Å². The third-order valence-corrected chi connectivity index (χ3v) is 4.25. The van der Waals surface area contributed by atoms with Crippen molar-refractivity contribution in [1.82, 2.24) is 0 Å². The summed E-state index contributed by atoms with van der Waals surface area (Å²) in [5.41, 5.74) is 2.17. The molecule has 0 aliphatic carbocycles. The van der Waals surface area contributed by atoms with Crippen LogP contribution in [-0.4, -0.2) is 12.5 Å². The number of hydrogen-bond donors (Lipinski definition) is 1. The van der Waals surface area contributed by atoms with E-state index in [1.807, 2.05) is 54.6 Å². The zero-order valence-electron chi connectivity index (χ0n) is 12.8. The van der Waals surface area contributed by atoms with Gasteiger partial charge in [0.1, 0.15) is 12.4 Å². The van der Waals surface area contributed by atoms with Crippen molar-refractivity contribution in [2.75, 3.05) is 11.9 Å². The Morgan fingerprint density at radius 1 is 1.04 bits per heavy atom. The number of carbonyl (C=O) groups is 1. The predicted molar refractivity (Wildman–Crippen MR) is 97.5 cm³/mol. The maximum atomic E-state index is 12.6. The Morgan fingerprint density at radius 2 is 1.88 bits per heavy atom. The molecule has 0 radical (unpaired) electrons. The van der Waals surface area contributed by atoms with E-state index in [1.165, 1.54) is 0 Å². The van der Waals surface area contributed by atoms with Crippen molar-refractivity contribution in [2.45, 2.75) is 0 Å². The molecule has 0 atom stereocenters. The molecule has 1 aliphatic rings. The maximum absolute atomic E-state index is 12.6. The van der Waals surface area contributed by atoms with Crippen LogP contribution in [0.1, 0.15) is 5.56 Å². The van der Waals surface area contributed by atoms with Gasteiger partial charge in [0.2, 0.25) is 0 Å². The largest absolute Gasteiger partial charge is 0.488 e. The van der Waals surface area contributed by atoms with Gasteiger partial charge in [-0.15, -0.1) is 0 Å². The van der Waals surface area contributed by atoms with Gasteiger partial charge < -0.3 is 10.1 Å². The minimum Gasteiger partial charge on any atom is -0.488 e. The Morgan fingerprint density at radius 3 is 2.79 bits per heavy atom. The first-order valence-electron chi connectivity index (χ1n) is 7.63. The van der Waals surface area contributed by atoms with Gasteiger partial charge in [-0.2, -0.15) is 0 Å². The normalized spacial score (nSPS) is 13.0. The molecule has 0 fully saturated rings. The summed E-state index contributed by atoms with van der Waals surface area (Å²) in [6.45, 7) is 0.241.